The minimum absolute atomic E-state index is 0.106. The van der Waals surface area contributed by atoms with Crippen molar-refractivity contribution in [2.24, 2.45) is 23.5 Å². The summed E-state index contributed by atoms with van der Waals surface area (Å²) in [6.07, 6.45) is -1.03. The Morgan fingerprint density at radius 2 is 1.12 bits per heavy atom. The summed E-state index contributed by atoms with van der Waals surface area (Å²) in [5.74, 6) is -8.21. The molecule has 2 aromatic rings. The van der Waals surface area contributed by atoms with Gasteiger partial charge in [0.05, 0.1) is 24.9 Å². The predicted octanol–water partition coefficient (Wildman–Crippen LogP) is -1.86. The van der Waals surface area contributed by atoms with Crippen LogP contribution >= 0.6 is 0 Å². The van der Waals surface area contributed by atoms with E-state index in [0.29, 0.717) is 12.0 Å². The van der Waals surface area contributed by atoms with E-state index in [1.54, 1.807) is 59.9 Å². The van der Waals surface area contributed by atoms with Crippen LogP contribution in [-0.2, 0) is 40.0 Å². The highest BCUT2D eigenvalue weighted by molar-refractivity contribution is 5.97. The number of carbonyl (C=O) groups is 7. The van der Waals surface area contributed by atoms with Crippen molar-refractivity contribution in [3.8, 4) is 0 Å². The van der Waals surface area contributed by atoms with E-state index in [4.69, 9.17) is 5.73 Å². The minimum Gasteiger partial charge on any atom is -0.480 e. The van der Waals surface area contributed by atoms with Crippen LogP contribution in [0.1, 0.15) is 67.4 Å². The molecule has 0 saturated carbocycles. The van der Waals surface area contributed by atoms with Gasteiger partial charge in [0.1, 0.15) is 36.3 Å². The Bertz CT molecular complexity index is 1710. The third kappa shape index (κ3) is 13.5. The Hall–Kier alpha value is -5.11. The number of H-pyrrole nitrogens is 1. The molecule has 0 aliphatic heterocycles. The third-order valence-corrected chi connectivity index (χ3v) is 9.72. The van der Waals surface area contributed by atoms with Crippen molar-refractivity contribution < 1.29 is 54.0 Å². The zero-order valence-corrected chi connectivity index (χ0v) is 33.7. The first kappa shape index (κ1) is 48.0. The van der Waals surface area contributed by atoms with E-state index in [2.05, 4.69) is 36.9 Å². The number of hydrogen-bond donors (Lipinski definition) is 12. The molecule has 2 rings (SSSR count). The van der Waals surface area contributed by atoms with Crippen molar-refractivity contribution in [3.05, 3.63) is 36.0 Å². The fourth-order valence-electron chi connectivity index (χ4n) is 5.78. The average molecular weight is 805 g/mol. The van der Waals surface area contributed by atoms with Crippen LogP contribution in [0.15, 0.2) is 30.5 Å². The van der Waals surface area contributed by atoms with Crippen LogP contribution in [0.2, 0.25) is 0 Å². The standard InChI is InChI=1S/C38H60N8O11/c1-9-19(6)29(35(53)46-31(21(8)49)36(54)41-25(38(56)57)14-22-15-40-24-13-11-10-12-23(22)24)44-34(52)28(18(4)5)43-32(50)26(16-47)42-37(55)30(20(7)48)45-33(51)27(39)17(2)3/h10-13,15,17-21,25-31,40,47-49H,9,14,16,39H2,1-8H3,(H,41,54)(H,42,55)(H,43,50)(H,44,52)(H,45,51)(H,46,53)(H,56,57)/t19-,20+,21+,25-,26-,27-,28-,29-,30-,31-/m0/s1. The number of nitrogens with two attached hydrogens (primary N) is 1. The van der Waals surface area contributed by atoms with Gasteiger partial charge in [-0.05, 0) is 43.2 Å². The van der Waals surface area contributed by atoms with E-state index in [1.807, 2.05) is 12.1 Å². The Balaban J connectivity index is 2.21. The predicted molar refractivity (Wildman–Crippen MR) is 209 cm³/mol. The van der Waals surface area contributed by atoms with Gasteiger partial charge >= 0.3 is 5.97 Å². The molecule has 10 atom stereocenters. The highest BCUT2D eigenvalue weighted by atomic mass is 16.4. The molecule has 6 amide bonds. The lowest BCUT2D eigenvalue weighted by molar-refractivity contribution is -0.143. The Kier molecular flexibility index (Phi) is 18.5. The molecule has 0 unspecified atom stereocenters. The summed E-state index contributed by atoms with van der Waals surface area (Å²) < 4.78 is 0. The Morgan fingerprint density at radius 1 is 0.649 bits per heavy atom. The second-order valence-electron chi connectivity index (χ2n) is 15.0. The van der Waals surface area contributed by atoms with Crippen LogP contribution in [0.4, 0.5) is 0 Å². The molecule has 19 nitrogen and oxygen atoms in total. The third-order valence-electron chi connectivity index (χ3n) is 9.72. The van der Waals surface area contributed by atoms with Gasteiger partial charge in [0.25, 0.3) is 0 Å². The van der Waals surface area contributed by atoms with Gasteiger partial charge in [0.15, 0.2) is 0 Å². The Labute approximate surface area is 331 Å². The zero-order chi connectivity index (χ0) is 43.3. The highest BCUT2D eigenvalue weighted by Gasteiger charge is 2.37. The first-order valence-corrected chi connectivity index (χ1v) is 19.0. The summed E-state index contributed by atoms with van der Waals surface area (Å²) in [4.78, 5) is 94.9. The number of hydrogen-bond acceptors (Lipinski definition) is 11. The van der Waals surface area contributed by atoms with Gasteiger partial charge in [0, 0.05) is 23.5 Å². The van der Waals surface area contributed by atoms with Crippen LogP contribution in [0.3, 0.4) is 0 Å². The van der Waals surface area contributed by atoms with Gasteiger partial charge in [0.2, 0.25) is 35.4 Å². The molecule has 0 spiro atoms. The lowest BCUT2D eigenvalue weighted by Crippen LogP contribution is -2.63. The van der Waals surface area contributed by atoms with Crippen molar-refractivity contribution in [1.82, 2.24) is 36.9 Å². The van der Waals surface area contributed by atoms with Gasteiger partial charge in [-0.1, -0.05) is 66.2 Å². The second-order valence-corrected chi connectivity index (χ2v) is 15.0. The summed E-state index contributed by atoms with van der Waals surface area (Å²) in [5, 5.41) is 55.9. The second kappa shape index (κ2) is 22.0. The molecule has 0 aliphatic carbocycles. The lowest BCUT2D eigenvalue weighted by atomic mass is 9.95. The average Bonchev–Trinajstić information content (AvgIpc) is 3.56. The molecule has 19 heteroatoms. The minimum atomic E-state index is -1.63. The van der Waals surface area contributed by atoms with E-state index in [0.717, 1.165) is 10.9 Å². The fraction of sp³-hybridized carbons (Fsp3) is 0.605. The van der Waals surface area contributed by atoms with E-state index >= 15 is 0 Å². The van der Waals surface area contributed by atoms with Gasteiger partial charge in [-0.3, -0.25) is 28.8 Å². The van der Waals surface area contributed by atoms with Crippen LogP contribution < -0.4 is 37.6 Å². The maximum atomic E-state index is 13.7. The van der Waals surface area contributed by atoms with Crippen molar-refractivity contribution >= 4 is 52.3 Å². The lowest BCUT2D eigenvalue weighted by Gasteiger charge is -2.31. The Morgan fingerprint density at radius 3 is 1.61 bits per heavy atom. The number of aliphatic hydroxyl groups is 3. The summed E-state index contributed by atoms with van der Waals surface area (Å²) in [5.41, 5.74) is 7.24. The molecule has 57 heavy (non-hydrogen) atoms. The summed E-state index contributed by atoms with van der Waals surface area (Å²) in [6, 6.07) is -2.65. The number of carbonyl (C=O) groups excluding carboxylic acids is 6. The van der Waals surface area contributed by atoms with Crippen LogP contribution in [0.25, 0.3) is 10.9 Å². The van der Waals surface area contributed by atoms with Crippen molar-refractivity contribution in [2.75, 3.05) is 6.61 Å². The summed E-state index contributed by atoms with van der Waals surface area (Å²) in [6.45, 7) is 11.5. The smallest absolute Gasteiger partial charge is 0.326 e. The highest BCUT2D eigenvalue weighted by Crippen LogP contribution is 2.19. The number of nitrogens with one attached hydrogen (secondary N) is 7. The van der Waals surface area contributed by atoms with E-state index in [1.165, 1.54) is 13.8 Å². The van der Waals surface area contributed by atoms with Crippen molar-refractivity contribution in [2.45, 2.75) is 123 Å². The largest absolute Gasteiger partial charge is 0.480 e. The number of para-hydroxylation sites is 1. The molecule has 1 aromatic carbocycles. The molecule has 0 saturated heterocycles. The topological polar surface area (TPSA) is 314 Å². The van der Waals surface area contributed by atoms with Gasteiger partial charge in [-0.2, -0.15) is 0 Å². The number of fused-ring (bicyclic) bond motifs is 1. The van der Waals surface area contributed by atoms with Gasteiger partial charge in [-0.15, -0.1) is 0 Å². The van der Waals surface area contributed by atoms with Crippen LogP contribution in [0.5, 0.6) is 0 Å². The zero-order valence-electron chi connectivity index (χ0n) is 33.7. The number of benzene rings is 1. The van der Waals surface area contributed by atoms with Crippen LogP contribution in [-0.4, -0.2) is 128 Å². The molecule has 13 N–H and O–H groups in total. The van der Waals surface area contributed by atoms with Gasteiger partial charge in [-0.25, -0.2) is 4.79 Å². The maximum absolute atomic E-state index is 13.7. The number of aliphatic hydroxyl groups excluding tert-OH is 3. The number of carboxylic acid groups (broad SMARTS) is 1. The number of carboxylic acids is 1. The molecule has 0 aliphatic rings. The molecule has 1 aromatic heterocycles. The fourth-order valence-corrected chi connectivity index (χ4v) is 5.78. The van der Waals surface area contributed by atoms with Crippen molar-refractivity contribution in [3.63, 3.8) is 0 Å². The van der Waals surface area contributed by atoms with Gasteiger partial charge < -0.3 is 63.0 Å². The van der Waals surface area contributed by atoms with Crippen molar-refractivity contribution in [1.29, 1.82) is 0 Å². The SMILES string of the molecule is CC[C@H](C)[C@H](NC(=O)[C@@H](NC(=O)[C@H](CO)NC(=O)[C@@H](NC(=O)[C@@H](N)C(C)C)[C@@H](C)O)C(C)C)C(=O)N[C@H](C(=O)N[C@@H](Cc1c[nH]c2ccccc12)C(=O)O)[C@@H](C)O. The molecule has 1 heterocycles. The first-order chi connectivity index (χ1) is 26.6. The number of aromatic amines is 1. The maximum Gasteiger partial charge on any atom is 0.326 e. The summed E-state index contributed by atoms with van der Waals surface area (Å²) in [7, 11) is 0. The van der Waals surface area contributed by atoms with Crippen LogP contribution in [0, 0.1) is 17.8 Å². The monoisotopic (exact) mass is 804 g/mol. The first-order valence-electron chi connectivity index (χ1n) is 19.0. The number of aliphatic carboxylic acids is 1. The molecular formula is C38H60N8O11. The summed E-state index contributed by atoms with van der Waals surface area (Å²) >= 11 is 0. The van der Waals surface area contributed by atoms with E-state index < -0.39 is 114 Å². The normalized spacial score (nSPS) is 16.8. The molecular weight excluding hydrogens is 744 g/mol. The number of rotatable bonds is 22. The quantitative estimate of drug-likeness (QED) is 0.0624. The van der Waals surface area contributed by atoms with E-state index in [9.17, 15) is 54.0 Å². The molecule has 0 fully saturated rings. The molecule has 0 bridgehead atoms. The number of aromatic nitrogens is 1. The number of amides is 6. The molecule has 0 radical (unpaired) electrons. The van der Waals surface area contributed by atoms with E-state index in [-0.39, 0.29) is 12.3 Å². The molecule has 318 valence electrons.